The molecule has 0 radical (unpaired) electrons. The van der Waals surface area contributed by atoms with Gasteiger partial charge in [0.15, 0.2) is 0 Å². The van der Waals surface area contributed by atoms with Crippen molar-refractivity contribution in [1.29, 1.82) is 0 Å². The summed E-state index contributed by atoms with van der Waals surface area (Å²) in [4.78, 5) is 29.5. The Morgan fingerprint density at radius 1 is 0.909 bits per heavy atom. The summed E-state index contributed by atoms with van der Waals surface area (Å²) in [6.45, 7) is 5.52. The Bertz CT molecular complexity index is 1530. The van der Waals surface area contributed by atoms with Gasteiger partial charge in [0, 0.05) is 12.6 Å². The van der Waals surface area contributed by atoms with Crippen molar-refractivity contribution in [2.45, 2.75) is 88.7 Å². The third kappa shape index (κ3) is 8.34. The van der Waals surface area contributed by atoms with Gasteiger partial charge in [0.25, 0.3) is 10.0 Å². The van der Waals surface area contributed by atoms with Gasteiger partial charge in [-0.05, 0) is 72.7 Å². The van der Waals surface area contributed by atoms with Gasteiger partial charge in [-0.15, -0.1) is 0 Å². The van der Waals surface area contributed by atoms with Gasteiger partial charge in [0.2, 0.25) is 11.8 Å². The lowest BCUT2D eigenvalue weighted by molar-refractivity contribution is -0.140. The van der Waals surface area contributed by atoms with Crippen molar-refractivity contribution in [3.63, 3.8) is 0 Å². The van der Waals surface area contributed by atoms with Crippen LogP contribution in [-0.4, -0.2) is 43.8 Å². The minimum Gasteiger partial charge on any atom is -0.352 e. The highest BCUT2D eigenvalue weighted by atomic mass is 35.5. The van der Waals surface area contributed by atoms with Crippen LogP contribution in [0.1, 0.15) is 76.3 Å². The molecule has 0 saturated heterocycles. The van der Waals surface area contributed by atoms with E-state index in [1.807, 2.05) is 19.1 Å². The standard InChI is InChI=1S/C34H41Cl2N3O4S/c1-4-32(34(41)37-27-11-7-5-8-12-27)38(22-25-15-20-30(35)31(36)21-25)33(40)23-39(28-18-16-26(17-19-28)24(2)3)44(42,43)29-13-9-6-10-14-29/h6,9-10,13-21,24,27,32H,4-5,7-8,11-12,22-23H2,1-3H3,(H,37,41)/t32-/m0/s1. The number of rotatable bonds is 12. The first-order valence-electron chi connectivity index (χ1n) is 15.2. The maximum Gasteiger partial charge on any atom is 0.264 e. The minimum atomic E-state index is -4.13. The Kier molecular flexibility index (Phi) is 11.7. The Hall–Kier alpha value is -3.07. The Morgan fingerprint density at radius 3 is 2.16 bits per heavy atom. The fourth-order valence-electron chi connectivity index (χ4n) is 5.57. The predicted molar refractivity (Wildman–Crippen MR) is 178 cm³/mol. The van der Waals surface area contributed by atoms with Gasteiger partial charge < -0.3 is 10.2 Å². The van der Waals surface area contributed by atoms with E-state index in [0.29, 0.717) is 27.7 Å². The van der Waals surface area contributed by atoms with E-state index in [9.17, 15) is 18.0 Å². The third-order valence-corrected chi connectivity index (χ3v) is 10.7. The SMILES string of the molecule is CC[C@@H](C(=O)NC1CCCCC1)N(Cc1ccc(Cl)c(Cl)c1)C(=O)CN(c1ccc(C(C)C)cc1)S(=O)(=O)c1ccccc1. The molecule has 0 aliphatic heterocycles. The average molecular weight is 659 g/mol. The van der Waals surface area contributed by atoms with Crippen LogP contribution in [0.4, 0.5) is 5.69 Å². The van der Waals surface area contributed by atoms with Gasteiger partial charge in [-0.25, -0.2) is 8.42 Å². The number of sulfonamides is 1. The van der Waals surface area contributed by atoms with Crippen molar-refractivity contribution in [3.05, 3.63) is 94.0 Å². The summed E-state index contributed by atoms with van der Waals surface area (Å²) in [7, 11) is -4.13. The van der Waals surface area contributed by atoms with Crippen LogP contribution in [0, 0.1) is 0 Å². The molecule has 44 heavy (non-hydrogen) atoms. The lowest BCUT2D eigenvalue weighted by atomic mass is 9.95. The number of nitrogens with zero attached hydrogens (tertiary/aromatic N) is 2. The molecular formula is C34H41Cl2N3O4S. The van der Waals surface area contributed by atoms with Gasteiger partial charge in [-0.2, -0.15) is 0 Å². The Morgan fingerprint density at radius 2 is 1.57 bits per heavy atom. The molecule has 1 atom stereocenters. The van der Waals surface area contributed by atoms with Crippen molar-refractivity contribution in [1.82, 2.24) is 10.2 Å². The molecule has 1 N–H and O–H groups in total. The molecule has 7 nitrogen and oxygen atoms in total. The van der Waals surface area contributed by atoms with E-state index in [2.05, 4.69) is 19.2 Å². The fourth-order valence-corrected chi connectivity index (χ4v) is 7.33. The van der Waals surface area contributed by atoms with Gasteiger partial charge >= 0.3 is 0 Å². The molecule has 1 saturated carbocycles. The highest BCUT2D eigenvalue weighted by Gasteiger charge is 2.34. The van der Waals surface area contributed by atoms with Crippen molar-refractivity contribution in [2.75, 3.05) is 10.8 Å². The van der Waals surface area contributed by atoms with E-state index in [1.54, 1.807) is 48.5 Å². The second-order valence-electron chi connectivity index (χ2n) is 11.6. The molecule has 0 unspecified atom stereocenters. The largest absolute Gasteiger partial charge is 0.352 e. The van der Waals surface area contributed by atoms with E-state index in [0.717, 1.165) is 42.0 Å². The number of amides is 2. The summed E-state index contributed by atoms with van der Waals surface area (Å²) < 4.78 is 29.2. The van der Waals surface area contributed by atoms with E-state index in [1.165, 1.54) is 17.0 Å². The van der Waals surface area contributed by atoms with Crippen molar-refractivity contribution >= 4 is 50.7 Å². The van der Waals surface area contributed by atoms with Crippen LogP contribution >= 0.6 is 23.2 Å². The number of anilines is 1. The molecule has 0 bridgehead atoms. The molecule has 10 heteroatoms. The smallest absolute Gasteiger partial charge is 0.264 e. The van der Waals surface area contributed by atoms with Crippen LogP contribution in [0.5, 0.6) is 0 Å². The van der Waals surface area contributed by atoms with E-state index in [-0.39, 0.29) is 29.3 Å². The molecule has 1 aliphatic rings. The quantitative estimate of drug-likeness (QED) is 0.218. The van der Waals surface area contributed by atoms with Crippen LogP contribution in [0.25, 0.3) is 0 Å². The lowest BCUT2D eigenvalue weighted by Crippen LogP contribution is -2.54. The number of halogens is 2. The topological polar surface area (TPSA) is 86.8 Å². The summed E-state index contributed by atoms with van der Waals surface area (Å²) in [6.07, 6.45) is 5.40. The molecule has 2 amide bonds. The molecule has 1 aliphatic carbocycles. The summed E-state index contributed by atoms with van der Waals surface area (Å²) in [6, 6.07) is 19.5. The first-order valence-corrected chi connectivity index (χ1v) is 17.4. The maximum absolute atomic E-state index is 14.3. The summed E-state index contributed by atoms with van der Waals surface area (Å²) in [5, 5.41) is 3.86. The first kappa shape index (κ1) is 33.8. The van der Waals surface area contributed by atoms with Gasteiger partial charge in [-0.1, -0.05) is 99.6 Å². The van der Waals surface area contributed by atoms with Gasteiger partial charge in [0.1, 0.15) is 12.6 Å². The zero-order valence-corrected chi connectivity index (χ0v) is 27.8. The van der Waals surface area contributed by atoms with Gasteiger partial charge in [0.05, 0.1) is 20.6 Å². The zero-order valence-electron chi connectivity index (χ0n) is 25.5. The molecule has 1 fully saturated rings. The molecule has 4 rings (SSSR count). The van der Waals surface area contributed by atoms with Crippen LogP contribution in [0.3, 0.4) is 0 Å². The van der Waals surface area contributed by atoms with Crippen LogP contribution in [0.15, 0.2) is 77.7 Å². The van der Waals surface area contributed by atoms with Crippen molar-refractivity contribution in [3.8, 4) is 0 Å². The first-order chi connectivity index (χ1) is 21.0. The van der Waals surface area contributed by atoms with Crippen molar-refractivity contribution in [2.24, 2.45) is 0 Å². The summed E-state index contributed by atoms with van der Waals surface area (Å²) in [5.41, 5.74) is 2.08. The predicted octanol–water partition coefficient (Wildman–Crippen LogP) is 7.57. The Balaban J connectivity index is 1.72. The van der Waals surface area contributed by atoms with Crippen LogP contribution in [0.2, 0.25) is 10.0 Å². The molecule has 0 aromatic heterocycles. The second kappa shape index (κ2) is 15.3. The third-order valence-electron chi connectivity index (χ3n) is 8.13. The molecule has 0 heterocycles. The summed E-state index contributed by atoms with van der Waals surface area (Å²) >= 11 is 12.5. The monoisotopic (exact) mass is 657 g/mol. The van der Waals surface area contributed by atoms with E-state index >= 15 is 0 Å². The second-order valence-corrected chi connectivity index (χ2v) is 14.3. The normalized spacial score (nSPS) is 14.7. The van der Waals surface area contributed by atoms with Gasteiger partial charge in [-0.3, -0.25) is 13.9 Å². The number of benzene rings is 3. The number of hydrogen-bond acceptors (Lipinski definition) is 4. The fraction of sp³-hybridized carbons (Fsp3) is 0.412. The highest BCUT2D eigenvalue weighted by molar-refractivity contribution is 7.92. The molecular weight excluding hydrogens is 617 g/mol. The summed E-state index contributed by atoms with van der Waals surface area (Å²) in [5.74, 6) is -0.500. The highest BCUT2D eigenvalue weighted by Crippen LogP contribution is 2.28. The Labute approximate surface area is 271 Å². The molecule has 236 valence electrons. The molecule has 0 spiro atoms. The van der Waals surface area contributed by atoms with E-state index in [4.69, 9.17) is 23.2 Å². The van der Waals surface area contributed by atoms with Crippen molar-refractivity contribution < 1.29 is 18.0 Å². The van der Waals surface area contributed by atoms with Crippen LogP contribution < -0.4 is 9.62 Å². The number of hydrogen-bond donors (Lipinski definition) is 1. The number of carbonyl (C=O) groups excluding carboxylic acids is 2. The minimum absolute atomic E-state index is 0.0534. The molecule has 3 aromatic carbocycles. The maximum atomic E-state index is 14.3. The van der Waals surface area contributed by atoms with Crippen LogP contribution in [-0.2, 0) is 26.2 Å². The average Bonchev–Trinajstić information content (AvgIpc) is 3.02. The molecule has 3 aromatic rings. The number of carbonyl (C=O) groups is 2. The zero-order chi connectivity index (χ0) is 31.9. The number of nitrogens with one attached hydrogen (secondary N) is 1. The lowest BCUT2D eigenvalue weighted by Gasteiger charge is -2.34. The van der Waals surface area contributed by atoms with E-state index < -0.39 is 28.5 Å².